The molecule has 1 aliphatic heterocycles. The van der Waals surface area contributed by atoms with Crippen LogP contribution in [0.3, 0.4) is 0 Å². The predicted octanol–water partition coefficient (Wildman–Crippen LogP) is 1.96. The summed E-state index contributed by atoms with van der Waals surface area (Å²) in [6, 6.07) is 14.6. The molecule has 2 aromatic carbocycles. The molecule has 116 valence electrons. The van der Waals surface area contributed by atoms with Gasteiger partial charge < -0.3 is 10.5 Å². The van der Waals surface area contributed by atoms with Crippen molar-refractivity contribution in [2.45, 2.75) is 4.90 Å². The highest BCUT2D eigenvalue weighted by Gasteiger charge is 2.30. The Kier molecular flexibility index (Phi) is 4.15. The second-order valence-electron chi connectivity index (χ2n) is 5.11. The average Bonchev–Trinajstić information content (AvgIpc) is 2.56. The van der Waals surface area contributed by atoms with E-state index in [0.717, 1.165) is 5.56 Å². The smallest absolute Gasteiger partial charge is 0.245 e. The van der Waals surface area contributed by atoms with Crippen LogP contribution in [0.25, 0.3) is 11.1 Å². The molecular weight excluding hydrogens is 300 g/mol. The fraction of sp³-hybridized carbons (Fsp3) is 0.250. The highest BCUT2D eigenvalue weighted by Crippen LogP contribution is 2.33. The zero-order valence-corrected chi connectivity index (χ0v) is 12.9. The summed E-state index contributed by atoms with van der Waals surface area (Å²) in [5.41, 5.74) is 7.75. The van der Waals surface area contributed by atoms with Crippen LogP contribution in [-0.4, -0.2) is 39.0 Å². The maximum absolute atomic E-state index is 13.0. The molecule has 6 heteroatoms. The van der Waals surface area contributed by atoms with Crippen molar-refractivity contribution in [3.05, 3.63) is 48.5 Å². The Bertz CT molecular complexity index is 754. The number of sulfonamides is 1. The third kappa shape index (κ3) is 2.72. The monoisotopic (exact) mass is 318 g/mol. The van der Waals surface area contributed by atoms with Crippen molar-refractivity contribution in [2.75, 3.05) is 32.0 Å². The molecule has 0 aromatic heterocycles. The molecule has 0 amide bonds. The van der Waals surface area contributed by atoms with Crippen LogP contribution in [-0.2, 0) is 14.8 Å². The highest BCUT2D eigenvalue weighted by atomic mass is 32.2. The van der Waals surface area contributed by atoms with Crippen LogP contribution in [0.2, 0.25) is 0 Å². The molecule has 22 heavy (non-hydrogen) atoms. The Morgan fingerprint density at radius 1 is 0.955 bits per heavy atom. The van der Waals surface area contributed by atoms with Crippen LogP contribution in [0.5, 0.6) is 0 Å². The number of anilines is 1. The van der Waals surface area contributed by atoms with Gasteiger partial charge in [0.2, 0.25) is 10.0 Å². The van der Waals surface area contributed by atoms with Crippen molar-refractivity contribution in [3.8, 4) is 11.1 Å². The number of nitrogen functional groups attached to an aromatic ring is 1. The fourth-order valence-electron chi connectivity index (χ4n) is 2.60. The maximum Gasteiger partial charge on any atom is 0.245 e. The third-order valence-corrected chi connectivity index (χ3v) is 5.71. The highest BCUT2D eigenvalue weighted by molar-refractivity contribution is 7.89. The molecule has 1 saturated heterocycles. The second kappa shape index (κ2) is 6.08. The lowest BCUT2D eigenvalue weighted by atomic mass is 10.1. The Morgan fingerprint density at radius 2 is 1.64 bits per heavy atom. The summed E-state index contributed by atoms with van der Waals surface area (Å²) >= 11 is 0. The first-order valence-electron chi connectivity index (χ1n) is 7.12. The Labute approximate surface area is 130 Å². The lowest BCUT2D eigenvalue weighted by Gasteiger charge is -2.27. The summed E-state index contributed by atoms with van der Waals surface area (Å²) in [7, 11) is -3.64. The minimum atomic E-state index is -3.64. The van der Waals surface area contributed by atoms with Gasteiger partial charge in [0.25, 0.3) is 0 Å². The topological polar surface area (TPSA) is 72.6 Å². The van der Waals surface area contributed by atoms with Crippen molar-refractivity contribution >= 4 is 15.7 Å². The number of rotatable bonds is 3. The van der Waals surface area contributed by atoms with E-state index in [4.69, 9.17) is 10.5 Å². The molecule has 2 N–H and O–H groups in total. The van der Waals surface area contributed by atoms with Gasteiger partial charge in [-0.3, -0.25) is 0 Å². The minimum Gasteiger partial charge on any atom is -0.398 e. The van der Waals surface area contributed by atoms with E-state index < -0.39 is 10.0 Å². The van der Waals surface area contributed by atoms with E-state index in [0.29, 0.717) is 31.9 Å². The SMILES string of the molecule is Nc1cccc(-c2ccccc2)c1S(=O)(=O)N1CCOCC1. The Balaban J connectivity index is 2.14. The van der Waals surface area contributed by atoms with Crippen LogP contribution >= 0.6 is 0 Å². The summed E-state index contributed by atoms with van der Waals surface area (Å²) in [6.07, 6.45) is 0. The number of hydrogen-bond donors (Lipinski definition) is 1. The first-order valence-corrected chi connectivity index (χ1v) is 8.56. The van der Waals surface area contributed by atoms with Crippen LogP contribution in [0.1, 0.15) is 0 Å². The van der Waals surface area contributed by atoms with Crippen molar-refractivity contribution in [1.82, 2.24) is 4.31 Å². The normalized spacial score (nSPS) is 16.5. The molecule has 0 radical (unpaired) electrons. The summed E-state index contributed by atoms with van der Waals surface area (Å²) in [4.78, 5) is 0.183. The van der Waals surface area contributed by atoms with Gasteiger partial charge in [0.1, 0.15) is 4.90 Å². The first kappa shape index (κ1) is 15.0. The van der Waals surface area contributed by atoms with E-state index in [1.807, 2.05) is 30.3 Å². The predicted molar refractivity (Wildman–Crippen MR) is 85.9 cm³/mol. The number of nitrogens with two attached hydrogens (primary N) is 1. The van der Waals surface area contributed by atoms with Gasteiger partial charge in [-0.15, -0.1) is 0 Å². The van der Waals surface area contributed by atoms with Crippen molar-refractivity contribution in [3.63, 3.8) is 0 Å². The molecule has 2 aromatic rings. The fourth-order valence-corrected chi connectivity index (χ4v) is 4.32. The van der Waals surface area contributed by atoms with E-state index in [1.165, 1.54) is 4.31 Å². The molecule has 3 rings (SSSR count). The number of ether oxygens (including phenoxy) is 1. The van der Waals surface area contributed by atoms with Crippen LogP contribution in [0, 0.1) is 0 Å². The molecule has 0 saturated carbocycles. The molecule has 0 bridgehead atoms. The summed E-state index contributed by atoms with van der Waals surface area (Å²) in [5, 5.41) is 0. The van der Waals surface area contributed by atoms with Crippen molar-refractivity contribution in [2.24, 2.45) is 0 Å². The minimum absolute atomic E-state index is 0.183. The van der Waals surface area contributed by atoms with Crippen molar-refractivity contribution in [1.29, 1.82) is 0 Å². The summed E-state index contributed by atoms with van der Waals surface area (Å²) in [5.74, 6) is 0. The van der Waals surface area contributed by atoms with Gasteiger partial charge >= 0.3 is 0 Å². The molecule has 0 unspecified atom stereocenters. The van der Waals surface area contributed by atoms with Crippen molar-refractivity contribution < 1.29 is 13.2 Å². The zero-order valence-electron chi connectivity index (χ0n) is 12.1. The van der Waals surface area contributed by atoms with E-state index in [1.54, 1.807) is 18.2 Å². The zero-order chi connectivity index (χ0) is 15.6. The van der Waals surface area contributed by atoms with Gasteiger partial charge in [-0.1, -0.05) is 42.5 Å². The average molecular weight is 318 g/mol. The van der Waals surface area contributed by atoms with E-state index >= 15 is 0 Å². The standard InChI is InChI=1S/C16H18N2O3S/c17-15-8-4-7-14(13-5-2-1-3-6-13)16(15)22(19,20)18-9-11-21-12-10-18/h1-8H,9-12,17H2. The molecule has 0 spiro atoms. The number of nitrogens with zero attached hydrogens (tertiary/aromatic N) is 1. The third-order valence-electron chi connectivity index (χ3n) is 3.70. The van der Waals surface area contributed by atoms with E-state index in [-0.39, 0.29) is 10.6 Å². The van der Waals surface area contributed by atoms with Gasteiger partial charge in [0, 0.05) is 18.7 Å². The largest absolute Gasteiger partial charge is 0.398 e. The molecule has 1 fully saturated rings. The summed E-state index contributed by atoms with van der Waals surface area (Å²) < 4.78 is 32.7. The lowest BCUT2D eigenvalue weighted by molar-refractivity contribution is 0.0730. The quantitative estimate of drug-likeness (QED) is 0.878. The number of benzene rings is 2. The van der Waals surface area contributed by atoms with Crippen LogP contribution < -0.4 is 5.73 Å². The van der Waals surface area contributed by atoms with Gasteiger partial charge in [-0.25, -0.2) is 8.42 Å². The van der Waals surface area contributed by atoms with E-state index in [9.17, 15) is 8.42 Å². The van der Waals surface area contributed by atoms with Crippen LogP contribution in [0.15, 0.2) is 53.4 Å². The number of hydrogen-bond acceptors (Lipinski definition) is 4. The Hall–Kier alpha value is -1.89. The molecule has 0 atom stereocenters. The second-order valence-corrected chi connectivity index (χ2v) is 6.98. The number of morpholine rings is 1. The maximum atomic E-state index is 13.0. The molecule has 1 aliphatic rings. The lowest BCUT2D eigenvalue weighted by Crippen LogP contribution is -2.41. The molecule has 5 nitrogen and oxygen atoms in total. The van der Waals surface area contributed by atoms with Gasteiger partial charge in [0.15, 0.2) is 0 Å². The Morgan fingerprint density at radius 3 is 2.32 bits per heavy atom. The first-order chi connectivity index (χ1) is 10.6. The molecule has 0 aliphatic carbocycles. The van der Waals surface area contributed by atoms with Gasteiger partial charge in [-0.05, 0) is 11.6 Å². The van der Waals surface area contributed by atoms with Gasteiger partial charge in [0.05, 0.1) is 18.9 Å². The summed E-state index contributed by atoms with van der Waals surface area (Å²) in [6.45, 7) is 1.52. The van der Waals surface area contributed by atoms with E-state index in [2.05, 4.69) is 0 Å². The molecule has 1 heterocycles. The van der Waals surface area contributed by atoms with Crippen LogP contribution in [0.4, 0.5) is 5.69 Å². The molecular formula is C16H18N2O3S. The van der Waals surface area contributed by atoms with Gasteiger partial charge in [-0.2, -0.15) is 4.31 Å².